The van der Waals surface area contributed by atoms with Crippen molar-refractivity contribution in [2.75, 3.05) is 10.6 Å². The van der Waals surface area contributed by atoms with Gasteiger partial charge < -0.3 is 19.6 Å². The molecule has 2 aromatic carbocycles. The van der Waals surface area contributed by atoms with Crippen LogP contribution >= 0.6 is 11.6 Å². The monoisotopic (exact) mass is 436 g/mol. The second-order valence-electron chi connectivity index (χ2n) is 6.58. The van der Waals surface area contributed by atoms with Gasteiger partial charge in [0.05, 0.1) is 6.26 Å². The summed E-state index contributed by atoms with van der Waals surface area (Å²) < 4.78 is 10.3. The molecule has 2 N–H and O–H groups in total. The van der Waals surface area contributed by atoms with E-state index in [-0.39, 0.29) is 24.0 Å². The topological polar surface area (TPSA) is 110 Å². The molecule has 31 heavy (non-hydrogen) atoms. The van der Waals surface area contributed by atoms with E-state index < -0.39 is 0 Å². The Bertz CT molecular complexity index is 1170. The number of nitrogens with zero attached hydrogens (tertiary/aromatic N) is 2. The first kappa shape index (κ1) is 20.4. The lowest BCUT2D eigenvalue weighted by atomic mass is 10.2. The fraction of sp³-hybridized carbons (Fsp3) is 0.0909. The lowest BCUT2D eigenvalue weighted by Gasteiger charge is -2.07. The van der Waals surface area contributed by atoms with Gasteiger partial charge in [-0.05, 0) is 60.7 Å². The third-order valence-electron chi connectivity index (χ3n) is 4.31. The number of rotatable bonds is 7. The summed E-state index contributed by atoms with van der Waals surface area (Å²) in [5.41, 5.74) is 1.97. The van der Waals surface area contributed by atoms with Crippen molar-refractivity contribution in [3.8, 4) is 11.4 Å². The van der Waals surface area contributed by atoms with Gasteiger partial charge in [0.1, 0.15) is 0 Å². The van der Waals surface area contributed by atoms with Crippen molar-refractivity contribution in [3.05, 3.63) is 83.6 Å². The number of halogens is 1. The Hall–Kier alpha value is -3.91. The summed E-state index contributed by atoms with van der Waals surface area (Å²) in [5.74, 6) is 0.492. The number of benzene rings is 2. The minimum atomic E-state index is -0.348. The van der Waals surface area contributed by atoms with E-state index in [4.69, 9.17) is 20.5 Å². The molecule has 0 bridgehead atoms. The Morgan fingerprint density at radius 1 is 0.935 bits per heavy atom. The summed E-state index contributed by atoms with van der Waals surface area (Å²) in [5, 5.41) is 10.1. The Labute approximate surface area is 182 Å². The maximum Gasteiger partial charge on any atom is 0.291 e. The second kappa shape index (κ2) is 9.27. The van der Waals surface area contributed by atoms with Crippen LogP contribution in [0.4, 0.5) is 11.4 Å². The van der Waals surface area contributed by atoms with Gasteiger partial charge in [-0.1, -0.05) is 16.8 Å². The molecule has 0 aliphatic rings. The van der Waals surface area contributed by atoms with Crippen molar-refractivity contribution >= 4 is 34.8 Å². The van der Waals surface area contributed by atoms with Crippen LogP contribution in [0, 0.1) is 0 Å². The smallest absolute Gasteiger partial charge is 0.291 e. The van der Waals surface area contributed by atoms with E-state index in [1.807, 2.05) is 0 Å². The Balaban J connectivity index is 1.27. The number of carbonyl (C=O) groups excluding carboxylic acids is 2. The number of furan rings is 1. The third kappa shape index (κ3) is 5.37. The summed E-state index contributed by atoms with van der Waals surface area (Å²) in [7, 11) is 0. The molecule has 0 unspecified atom stereocenters. The summed E-state index contributed by atoms with van der Waals surface area (Å²) >= 11 is 5.88. The molecule has 0 spiro atoms. The van der Waals surface area contributed by atoms with E-state index in [2.05, 4.69) is 20.8 Å². The highest BCUT2D eigenvalue weighted by Gasteiger charge is 2.12. The van der Waals surface area contributed by atoms with E-state index in [0.29, 0.717) is 34.5 Å². The van der Waals surface area contributed by atoms with Crippen molar-refractivity contribution < 1.29 is 18.5 Å². The fourth-order valence-corrected chi connectivity index (χ4v) is 2.88. The minimum absolute atomic E-state index is 0.180. The van der Waals surface area contributed by atoms with Gasteiger partial charge in [0.15, 0.2) is 5.76 Å². The highest BCUT2D eigenvalue weighted by atomic mass is 35.5. The molecule has 4 rings (SSSR count). The number of nitrogens with one attached hydrogen (secondary N) is 2. The molecule has 0 saturated heterocycles. The average Bonchev–Trinajstić information content (AvgIpc) is 3.47. The lowest BCUT2D eigenvalue weighted by Crippen LogP contribution is -2.13. The van der Waals surface area contributed by atoms with Gasteiger partial charge in [-0.15, -0.1) is 0 Å². The van der Waals surface area contributed by atoms with Crippen molar-refractivity contribution in [1.82, 2.24) is 10.1 Å². The van der Waals surface area contributed by atoms with Crippen molar-refractivity contribution in [3.63, 3.8) is 0 Å². The molecule has 0 fully saturated rings. The molecular formula is C22H17ClN4O4. The minimum Gasteiger partial charge on any atom is -0.459 e. The van der Waals surface area contributed by atoms with E-state index in [9.17, 15) is 9.59 Å². The molecule has 156 valence electrons. The van der Waals surface area contributed by atoms with Crippen LogP contribution in [-0.4, -0.2) is 22.0 Å². The molecule has 0 saturated carbocycles. The highest BCUT2D eigenvalue weighted by molar-refractivity contribution is 6.30. The summed E-state index contributed by atoms with van der Waals surface area (Å²) in [6, 6.07) is 17.1. The molecule has 0 radical (unpaired) electrons. The first-order chi connectivity index (χ1) is 15.1. The average molecular weight is 437 g/mol. The van der Waals surface area contributed by atoms with E-state index in [0.717, 1.165) is 5.56 Å². The number of hydrogen-bond donors (Lipinski definition) is 2. The van der Waals surface area contributed by atoms with Crippen molar-refractivity contribution in [2.24, 2.45) is 0 Å². The Morgan fingerprint density at radius 2 is 1.65 bits per heavy atom. The van der Waals surface area contributed by atoms with Crippen molar-refractivity contribution in [2.45, 2.75) is 12.8 Å². The van der Waals surface area contributed by atoms with E-state index >= 15 is 0 Å². The maximum absolute atomic E-state index is 12.2. The van der Waals surface area contributed by atoms with Crippen LogP contribution in [0.1, 0.15) is 22.9 Å². The fourth-order valence-electron chi connectivity index (χ4n) is 2.75. The Morgan fingerprint density at radius 3 is 2.32 bits per heavy atom. The summed E-state index contributed by atoms with van der Waals surface area (Å²) in [4.78, 5) is 28.5. The van der Waals surface area contributed by atoms with E-state index in [1.165, 1.54) is 6.26 Å². The molecule has 0 atom stereocenters. The number of anilines is 2. The standard InChI is InChI=1S/C22H17ClN4O4/c23-15-5-3-14(4-6-15)21-26-20(31-27-21)12-11-19(28)24-16-7-9-17(10-8-16)25-22(29)18-2-1-13-30-18/h1-10,13H,11-12H2,(H,24,28)(H,25,29). The predicted octanol–water partition coefficient (Wildman–Crippen LogP) is 4.81. The number of amides is 2. The zero-order valence-corrected chi connectivity index (χ0v) is 16.9. The first-order valence-electron chi connectivity index (χ1n) is 9.40. The van der Waals surface area contributed by atoms with Crippen LogP contribution in [0.15, 0.2) is 75.9 Å². The Kier molecular flexibility index (Phi) is 6.09. The molecule has 9 heteroatoms. The number of hydrogen-bond acceptors (Lipinski definition) is 6. The molecule has 0 aliphatic heterocycles. The molecule has 8 nitrogen and oxygen atoms in total. The van der Waals surface area contributed by atoms with Crippen LogP contribution in [-0.2, 0) is 11.2 Å². The normalized spacial score (nSPS) is 10.6. The second-order valence-corrected chi connectivity index (χ2v) is 7.01. The van der Waals surface area contributed by atoms with Crippen LogP contribution < -0.4 is 10.6 Å². The van der Waals surface area contributed by atoms with Gasteiger partial charge in [-0.3, -0.25) is 9.59 Å². The van der Waals surface area contributed by atoms with Gasteiger partial charge in [0.2, 0.25) is 17.6 Å². The lowest BCUT2D eigenvalue weighted by molar-refractivity contribution is -0.116. The zero-order chi connectivity index (χ0) is 21.6. The molecule has 2 aromatic heterocycles. The van der Waals surface area contributed by atoms with Gasteiger partial charge in [-0.2, -0.15) is 4.98 Å². The van der Waals surface area contributed by atoms with Crippen LogP contribution in [0.2, 0.25) is 5.02 Å². The van der Waals surface area contributed by atoms with Gasteiger partial charge in [-0.25, -0.2) is 0 Å². The molecule has 4 aromatic rings. The largest absolute Gasteiger partial charge is 0.459 e. The first-order valence-corrected chi connectivity index (χ1v) is 9.78. The van der Waals surface area contributed by atoms with Gasteiger partial charge >= 0.3 is 0 Å². The zero-order valence-electron chi connectivity index (χ0n) is 16.2. The highest BCUT2D eigenvalue weighted by Crippen LogP contribution is 2.19. The number of aryl methyl sites for hydroxylation is 1. The van der Waals surface area contributed by atoms with Gasteiger partial charge in [0.25, 0.3) is 5.91 Å². The molecule has 2 amide bonds. The van der Waals surface area contributed by atoms with Gasteiger partial charge in [0, 0.05) is 34.8 Å². The van der Waals surface area contributed by atoms with Crippen LogP contribution in [0.25, 0.3) is 11.4 Å². The summed E-state index contributed by atoms with van der Waals surface area (Å²) in [6.07, 6.45) is 1.92. The quantitative estimate of drug-likeness (QED) is 0.430. The third-order valence-corrected chi connectivity index (χ3v) is 4.56. The SMILES string of the molecule is O=C(CCc1nc(-c2ccc(Cl)cc2)no1)Nc1ccc(NC(=O)c2ccco2)cc1. The number of carbonyl (C=O) groups is 2. The van der Waals surface area contributed by atoms with Crippen LogP contribution in [0.3, 0.4) is 0 Å². The molecular weight excluding hydrogens is 420 g/mol. The van der Waals surface area contributed by atoms with E-state index in [1.54, 1.807) is 60.7 Å². The molecule has 0 aliphatic carbocycles. The maximum atomic E-state index is 12.2. The molecule has 2 heterocycles. The summed E-state index contributed by atoms with van der Waals surface area (Å²) in [6.45, 7) is 0. The van der Waals surface area contributed by atoms with Crippen LogP contribution in [0.5, 0.6) is 0 Å². The van der Waals surface area contributed by atoms with Crippen molar-refractivity contribution in [1.29, 1.82) is 0 Å². The predicted molar refractivity (Wildman–Crippen MR) is 115 cm³/mol. The number of aromatic nitrogens is 2.